The summed E-state index contributed by atoms with van der Waals surface area (Å²) in [5, 5.41) is 2.78. The van der Waals surface area contributed by atoms with Crippen molar-refractivity contribution in [2.45, 2.75) is 12.7 Å². The molecule has 6 heteroatoms. The summed E-state index contributed by atoms with van der Waals surface area (Å²) in [5.74, 6) is 5.20. The fraction of sp³-hybridized carbons (Fsp3) is 0.143. The van der Waals surface area contributed by atoms with E-state index in [1.165, 1.54) is 12.1 Å². The van der Waals surface area contributed by atoms with Gasteiger partial charge in [-0.2, -0.15) is 13.2 Å². The number of nitrogens with one attached hydrogen (secondary N) is 2. The Hall–Kier alpha value is -2.05. The van der Waals surface area contributed by atoms with Crippen molar-refractivity contribution in [3.63, 3.8) is 0 Å². The molecule has 0 aliphatic heterocycles. The monoisotopic (exact) mass is 281 g/mol. The minimum atomic E-state index is -4.38. The molecule has 0 unspecified atom stereocenters. The number of para-hydroxylation sites is 1. The Morgan fingerprint density at radius 3 is 2.20 bits per heavy atom. The van der Waals surface area contributed by atoms with Gasteiger partial charge in [-0.15, -0.1) is 0 Å². The third-order valence-corrected chi connectivity index (χ3v) is 2.77. The number of nitrogens with two attached hydrogens (primary N) is 1. The Bertz CT molecular complexity index is 565. The van der Waals surface area contributed by atoms with E-state index in [1.807, 2.05) is 0 Å². The van der Waals surface area contributed by atoms with Gasteiger partial charge in [0, 0.05) is 12.2 Å². The largest absolute Gasteiger partial charge is 0.418 e. The van der Waals surface area contributed by atoms with Crippen LogP contribution in [0.3, 0.4) is 0 Å². The predicted octanol–water partition coefficient (Wildman–Crippen LogP) is 3.41. The lowest BCUT2D eigenvalue weighted by atomic mass is 10.1. The molecule has 0 aliphatic rings. The molecular formula is C14H14F3N3. The lowest BCUT2D eigenvalue weighted by molar-refractivity contribution is -0.136. The molecule has 0 heterocycles. The van der Waals surface area contributed by atoms with Crippen molar-refractivity contribution in [2.24, 2.45) is 5.84 Å². The topological polar surface area (TPSA) is 50.1 Å². The summed E-state index contributed by atoms with van der Waals surface area (Å²) in [6.45, 7) is 0.499. The molecule has 0 aromatic heterocycles. The molecule has 0 bridgehead atoms. The van der Waals surface area contributed by atoms with E-state index in [2.05, 4.69) is 10.7 Å². The second-order valence-electron chi connectivity index (χ2n) is 4.25. The zero-order chi connectivity index (χ0) is 14.6. The van der Waals surface area contributed by atoms with Crippen LogP contribution in [0, 0.1) is 0 Å². The lowest BCUT2D eigenvalue weighted by Crippen LogP contribution is -2.20. The van der Waals surface area contributed by atoms with Gasteiger partial charge in [-0.1, -0.05) is 24.3 Å². The summed E-state index contributed by atoms with van der Waals surface area (Å²) >= 11 is 0. The molecule has 0 saturated carbocycles. The van der Waals surface area contributed by atoms with Crippen molar-refractivity contribution in [3.05, 3.63) is 59.7 Å². The zero-order valence-electron chi connectivity index (χ0n) is 10.5. The highest BCUT2D eigenvalue weighted by molar-refractivity contribution is 5.64. The molecule has 3 nitrogen and oxygen atoms in total. The van der Waals surface area contributed by atoms with Gasteiger partial charge in [0.05, 0.1) is 11.3 Å². The second kappa shape index (κ2) is 5.94. The highest BCUT2D eigenvalue weighted by Crippen LogP contribution is 2.35. The van der Waals surface area contributed by atoms with Crippen LogP contribution >= 0.6 is 0 Å². The maximum absolute atomic E-state index is 12.9. The summed E-state index contributed by atoms with van der Waals surface area (Å²) < 4.78 is 38.6. The Balaban J connectivity index is 2.22. The summed E-state index contributed by atoms with van der Waals surface area (Å²) in [7, 11) is 0. The zero-order valence-corrected chi connectivity index (χ0v) is 10.5. The third kappa shape index (κ3) is 3.49. The molecule has 0 radical (unpaired) electrons. The smallest absolute Gasteiger partial charge is 0.355 e. The molecular weight excluding hydrogens is 267 g/mol. The molecule has 0 aliphatic carbocycles. The molecule has 0 amide bonds. The van der Waals surface area contributed by atoms with E-state index in [1.54, 1.807) is 30.3 Å². The van der Waals surface area contributed by atoms with Gasteiger partial charge in [0.2, 0.25) is 0 Å². The van der Waals surface area contributed by atoms with Crippen molar-refractivity contribution in [1.29, 1.82) is 0 Å². The maximum Gasteiger partial charge on any atom is 0.418 e. The number of hydrazine groups is 1. The molecule has 106 valence electrons. The molecule has 2 aromatic rings. The van der Waals surface area contributed by atoms with E-state index in [9.17, 15) is 13.2 Å². The van der Waals surface area contributed by atoms with Gasteiger partial charge in [0.1, 0.15) is 0 Å². The van der Waals surface area contributed by atoms with Gasteiger partial charge < -0.3 is 5.32 Å². The molecule has 4 N–H and O–H groups in total. The van der Waals surface area contributed by atoms with Crippen LogP contribution in [-0.2, 0) is 12.7 Å². The molecule has 2 rings (SSSR count). The van der Waals surface area contributed by atoms with E-state index in [0.29, 0.717) is 12.2 Å². The lowest BCUT2D eigenvalue weighted by Gasteiger charge is -2.14. The highest BCUT2D eigenvalue weighted by Gasteiger charge is 2.33. The second-order valence-corrected chi connectivity index (χ2v) is 4.25. The number of hydrogen-bond acceptors (Lipinski definition) is 3. The summed E-state index contributed by atoms with van der Waals surface area (Å²) in [5.41, 5.74) is 3.39. The summed E-state index contributed by atoms with van der Waals surface area (Å²) in [6, 6.07) is 12.4. The van der Waals surface area contributed by atoms with E-state index in [4.69, 9.17) is 5.84 Å². The van der Waals surface area contributed by atoms with E-state index < -0.39 is 11.7 Å². The Kier molecular flexibility index (Phi) is 4.26. The molecule has 0 spiro atoms. The maximum atomic E-state index is 12.9. The van der Waals surface area contributed by atoms with E-state index >= 15 is 0 Å². The van der Waals surface area contributed by atoms with Gasteiger partial charge in [-0.3, -0.25) is 11.3 Å². The first kappa shape index (κ1) is 14.4. The first-order chi connectivity index (χ1) is 9.50. The minimum absolute atomic E-state index is 0.0321. The van der Waals surface area contributed by atoms with Gasteiger partial charge >= 0.3 is 6.18 Å². The number of benzene rings is 2. The number of anilines is 2. The van der Waals surface area contributed by atoms with Crippen LogP contribution in [0.5, 0.6) is 0 Å². The normalized spacial score (nSPS) is 11.4. The molecule has 0 fully saturated rings. The van der Waals surface area contributed by atoms with Crippen LogP contribution < -0.4 is 16.6 Å². The van der Waals surface area contributed by atoms with Crippen LogP contribution in [0.1, 0.15) is 11.1 Å². The van der Waals surface area contributed by atoms with Gasteiger partial charge in [0.15, 0.2) is 0 Å². The van der Waals surface area contributed by atoms with Crippen LogP contribution in [0.2, 0.25) is 0 Å². The Morgan fingerprint density at radius 2 is 1.60 bits per heavy atom. The minimum Gasteiger partial charge on any atom is -0.355 e. The van der Waals surface area contributed by atoms with E-state index in [-0.39, 0.29) is 5.69 Å². The van der Waals surface area contributed by atoms with Gasteiger partial charge in [-0.25, -0.2) is 0 Å². The highest BCUT2D eigenvalue weighted by atomic mass is 19.4. The first-order valence-electron chi connectivity index (χ1n) is 5.96. The molecule has 0 saturated heterocycles. The van der Waals surface area contributed by atoms with Crippen molar-refractivity contribution in [1.82, 2.24) is 5.43 Å². The number of halogens is 3. The molecule has 2 aromatic carbocycles. The summed E-state index contributed by atoms with van der Waals surface area (Å²) in [4.78, 5) is 0. The van der Waals surface area contributed by atoms with Crippen LogP contribution in [0.15, 0.2) is 48.5 Å². The number of rotatable bonds is 4. The number of hydrogen-bond donors (Lipinski definition) is 3. The quantitative estimate of drug-likeness (QED) is 0.594. The first-order valence-corrected chi connectivity index (χ1v) is 5.96. The standard InChI is InChI=1S/C14H14F3N3/c15-14(16,17)12-3-1-2-4-13(12)20-11-7-5-10(6-8-11)9-19-18/h1-8,19-20H,9,18H2. The van der Waals surface area contributed by atoms with Crippen LogP contribution in [0.4, 0.5) is 24.5 Å². The molecule has 20 heavy (non-hydrogen) atoms. The Morgan fingerprint density at radius 1 is 0.950 bits per heavy atom. The fourth-order valence-corrected chi connectivity index (χ4v) is 1.82. The SMILES string of the molecule is NNCc1ccc(Nc2ccccc2C(F)(F)F)cc1. The van der Waals surface area contributed by atoms with Gasteiger partial charge in [0.25, 0.3) is 0 Å². The van der Waals surface area contributed by atoms with Gasteiger partial charge in [-0.05, 0) is 29.8 Å². The fourth-order valence-electron chi connectivity index (χ4n) is 1.82. The van der Waals surface area contributed by atoms with Crippen LogP contribution in [-0.4, -0.2) is 0 Å². The Labute approximate surface area is 114 Å². The van der Waals surface area contributed by atoms with Crippen molar-refractivity contribution >= 4 is 11.4 Å². The third-order valence-electron chi connectivity index (χ3n) is 2.77. The van der Waals surface area contributed by atoms with Crippen LogP contribution in [0.25, 0.3) is 0 Å². The van der Waals surface area contributed by atoms with Crippen molar-refractivity contribution in [3.8, 4) is 0 Å². The number of alkyl halides is 3. The average Bonchev–Trinajstić information content (AvgIpc) is 2.41. The predicted molar refractivity (Wildman–Crippen MR) is 72.2 cm³/mol. The van der Waals surface area contributed by atoms with Crippen molar-refractivity contribution < 1.29 is 13.2 Å². The van der Waals surface area contributed by atoms with Crippen molar-refractivity contribution in [2.75, 3.05) is 5.32 Å². The summed E-state index contributed by atoms with van der Waals surface area (Å²) in [6.07, 6.45) is -4.38. The van der Waals surface area contributed by atoms with E-state index in [0.717, 1.165) is 11.6 Å². The average molecular weight is 281 g/mol. The molecule has 0 atom stereocenters.